The Hall–Kier alpha value is -2.09. The van der Waals surface area contributed by atoms with Crippen molar-refractivity contribution in [1.29, 1.82) is 10.5 Å². The third kappa shape index (κ3) is 4.19. The number of nitrogens with two attached hydrogens (primary N) is 1. The zero-order valence-electron chi connectivity index (χ0n) is 11.9. The molecule has 1 aromatic rings. The summed E-state index contributed by atoms with van der Waals surface area (Å²) in [5.41, 5.74) is 6.73. The molecule has 1 rings (SSSR count). The Morgan fingerprint density at radius 3 is 2.24 bits per heavy atom. The highest BCUT2D eigenvalue weighted by Crippen LogP contribution is 2.24. The second kappa shape index (κ2) is 7.63. The van der Waals surface area contributed by atoms with Crippen LogP contribution in [0.5, 0.6) is 0 Å². The highest BCUT2D eigenvalue weighted by Gasteiger charge is 2.26. The van der Waals surface area contributed by atoms with Crippen molar-refractivity contribution < 1.29 is 8.42 Å². The minimum Gasteiger partial charge on any atom is -0.399 e. The predicted molar refractivity (Wildman–Crippen MR) is 79.5 cm³/mol. The van der Waals surface area contributed by atoms with Gasteiger partial charge in [-0.25, -0.2) is 8.42 Å². The monoisotopic (exact) mass is 306 g/mol. The molecule has 2 N–H and O–H groups in total. The van der Waals surface area contributed by atoms with E-state index >= 15 is 0 Å². The highest BCUT2D eigenvalue weighted by molar-refractivity contribution is 7.89. The molecule has 0 aliphatic heterocycles. The summed E-state index contributed by atoms with van der Waals surface area (Å²) in [5, 5.41) is 17.3. The zero-order valence-corrected chi connectivity index (χ0v) is 12.7. The second-order valence-electron chi connectivity index (χ2n) is 4.44. The van der Waals surface area contributed by atoms with Gasteiger partial charge in [0.05, 0.1) is 17.0 Å². The molecule has 0 fully saturated rings. The van der Waals surface area contributed by atoms with Gasteiger partial charge >= 0.3 is 0 Å². The van der Waals surface area contributed by atoms with Crippen LogP contribution in [0, 0.1) is 22.7 Å². The summed E-state index contributed by atoms with van der Waals surface area (Å²) >= 11 is 0. The molecule has 0 bridgehead atoms. The van der Waals surface area contributed by atoms with Crippen LogP contribution in [-0.2, 0) is 16.4 Å². The summed E-state index contributed by atoms with van der Waals surface area (Å²) in [6.45, 7) is 2.00. The van der Waals surface area contributed by atoms with Gasteiger partial charge in [-0.05, 0) is 24.1 Å². The van der Waals surface area contributed by atoms with Gasteiger partial charge in [-0.3, -0.25) is 0 Å². The maximum absolute atomic E-state index is 12.7. The van der Waals surface area contributed by atoms with E-state index in [1.165, 1.54) is 10.4 Å². The third-order valence-electron chi connectivity index (χ3n) is 3.04. The standard InChI is InChI=1S/C14H18N4O2S/c1-2-12-5-6-13(17)11-14(12)21(19,20)18(9-3-7-15)10-4-8-16/h5-6,11H,2-4,9-10,17H2,1H3. The minimum atomic E-state index is -3.76. The van der Waals surface area contributed by atoms with Crippen molar-refractivity contribution in [3.63, 3.8) is 0 Å². The van der Waals surface area contributed by atoms with Crippen LogP contribution in [0.4, 0.5) is 5.69 Å². The van der Waals surface area contributed by atoms with Crippen LogP contribution in [0.2, 0.25) is 0 Å². The first-order chi connectivity index (χ1) is 9.97. The molecule has 0 aliphatic rings. The molecule has 1 aromatic carbocycles. The summed E-state index contributed by atoms with van der Waals surface area (Å²) in [7, 11) is -3.76. The highest BCUT2D eigenvalue weighted by atomic mass is 32.2. The summed E-state index contributed by atoms with van der Waals surface area (Å²) in [6, 6.07) is 8.63. The van der Waals surface area contributed by atoms with Crippen molar-refractivity contribution in [3.05, 3.63) is 23.8 Å². The van der Waals surface area contributed by atoms with E-state index in [1.54, 1.807) is 12.1 Å². The second-order valence-corrected chi connectivity index (χ2v) is 6.35. The number of rotatable bonds is 7. The van der Waals surface area contributed by atoms with Crippen LogP contribution in [0.25, 0.3) is 0 Å². The molecule has 0 aromatic heterocycles. The normalized spacial score (nSPS) is 11.0. The first-order valence-corrected chi connectivity index (χ1v) is 8.03. The van der Waals surface area contributed by atoms with Crippen LogP contribution in [0.3, 0.4) is 0 Å². The SMILES string of the molecule is CCc1ccc(N)cc1S(=O)(=O)N(CCC#N)CCC#N. The Kier molecular flexibility index (Phi) is 6.16. The first kappa shape index (κ1) is 17.0. The fourth-order valence-electron chi connectivity index (χ4n) is 1.94. The van der Waals surface area contributed by atoms with Crippen LogP contribution < -0.4 is 5.73 Å². The van der Waals surface area contributed by atoms with Crippen molar-refractivity contribution in [2.45, 2.75) is 31.1 Å². The molecule has 0 saturated heterocycles. The molecule has 0 saturated carbocycles. The molecule has 7 heteroatoms. The van der Waals surface area contributed by atoms with Gasteiger partial charge < -0.3 is 5.73 Å². The summed E-state index contributed by atoms with van der Waals surface area (Å²) in [4.78, 5) is 0.154. The Balaban J connectivity index is 3.25. The minimum absolute atomic E-state index is 0.0679. The third-order valence-corrected chi connectivity index (χ3v) is 5.02. The summed E-state index contributed by atoms with van der Waals surface area (Å²) in [5.74, 6) is 0. The van der Waals surface area contributed by atoms with E-state index in [2.05, 4.69) is 0 Å². The average molecular weight is 306 g/mol. The number of hydrogen-bond donors (Lipinski definition) is 1. The number of anilines is 1. The Morgan fingerprint density at radius 1 is 1.19 bits per heavy atom. The van der Waals surface area contributed by atoms with Gasteiger partial charge in [0.25, 0.3) is 0 Å². The number of nitrogen functional groups attached to an aromatic ring is 1. The molecule has 0 unspecified atom stereocenters. The molecule has 6 nitrogen and oxygen atoms in total. The van der Waals surface area contributed by atoms with E-state index in [-0.39, 0.29) is 30.8 Å². The number of benzene rings is 1. The molecule has 0 radical (unpaired) electrons. The molecule has 21 heavy (non-hydrogen) atoms. The number of hydrogen-bond acceptors (Lipinski definition) is 5. The number of nitrogens with zero attached hydrogens (tertiary/aromatic N) is 3. The predicted octanol–water partition coefficient (Wildman–Crippen LogP) is 1.65. The van der Waals surface area contributed by atoms with Crippen LogP contribution in [0.1, 0.15) is 25.3 Å². The van der Waals surface area contributed by atoms with Crippen molar-refractivity contribution in [2.24, 2.45) is 0 Å². The van der Waals surface area contributed by atoms with E-state index in [0.717, 1.165) is 0 Å². The number of sulfonamides is 1. The van der Waals surface area contributed by atoms with Crippen molar-refractivity contribution in [3.8, 4) is 12.1 Å². The lowest BCUT2D eigenvalue weighted by Gasteiger charge is -2.21. The summed E-state index contributed by atoms with van der Waals surface area (Å²) < 4.78 is 26.6. The fourth-order valence-corrected chi connectivity index (χ4v) is 3.71. The van der Waals surface area contributed by atoms with Crippen molar-refractivity contribution >= 4 is 15.7 Å². The van der Waals surface area contributed by atoms with Gasteiger partial charge in [-0.15, -0.1) is 0 Å². The Labute approximate surface area is 125 Å². The number of nitriles is 2. The van der Waals surface area contributed by atoms with E-state index in [4.69, 9.17) is 16.3 Å². The maximum atomic E-state index is 12.7. The van der Waals surface area contributed by atoms with E-state index in [1.807, 2.05) is 19.1 Å². The van der Waals surface area contributed by atoms with Gasteiger partial charge in [-0.1, -0.05) is 13.0 Å². The fraction of sp³-hybridized carbons (Fsp3) is 0.429. The van der Waals surface area contributed by atoms with Crippen LogP contribution in [0.15, 0.2) is 23.1 Å². The Bertz CT molecular complexity index is 653. The quantitative estimate of drug-likeness (QED) is 0.770. The van der Waals surface area contributed by atoms with E-state index in [9.17, 15) is 8.42 Å². The van der Waals surface area contributed by atoms with Gasteiger partial charge in [0.2, 0.25) is 10.0 Å². The summed E-state index contributed by atoms with van der Waals surface area (Å²) in [6.07, 6.45) is 0.710. The largest absolute Gasteiger partial charge is 0.399 e. The average Bonchev–Trinajstić information content (AvgIpc) is 2.47. The molecule has 0 aliphatic carbocycles. The van der Waals surface area contributed by atoms with E-state index < -0.39 is 10.0 Å². The van der Waals surface area contributed by atoms with Crippen molar-refractivity contribution in [2.75, 3.05) is 18.8 Å². The lowest BCUT2D eigenvalue weighted by atomic mass is 10.1. The molecule has 0 atom stereocenters. The van der Waals surface area contributed by atoms with Crippen LogP contribution in [-0.4, -0.2) is 25.8 Å². The van der Waals surface area contributed by atoms with E-state index in [0.29, 0.717) is 17.7 Å². The number of aryl methyl sites for hydroxylation is 1. The zero-order chi connectivity index (χ0) is 15.9. The maximum Gasteiger partial charge on any atom is 0.243 e. The molecule has 0 spiro atoms. The van der Waals surface area contributed by atoms with Gasteiger partial charge in [0, 0.05) is 31.6 Å². The van der Waals surface area contributed by atoms with Crippen molar-refractivity contribution in [1.82, 2.24) is 4.31 Å². The molecular weight excluding hydrogens is 288 g/mol. The van der Waals surface area contributed by atoms with Gasteiger partial charge in [0.15, 0.2) is 0 Å². The molecule has 112 valence electrons. The smallest absolute Gasteiger partial charge is 0.243 e. The lowest BCUT2D eigenvalue weighted by Crippen LogP contribution is -2.33. The molecule has 0 amide bonds. The topological polar surface area (TPSA) is 111 Å². The van der Waals surface area contributed by atoms with Gasteiger partial charge in [0.1, 0.15) is 0 Å². The van der Waals surface area contributed by atoms with Gasteiger partial charge in [-0.2, -0.15) is 14.8 Å². The van der Waals surface area contributed by atoms with Crippen LogP contribution >= 0.6 is 0 Å². The molecule has 0 heterocycles. The lowest BCUT2D eigenvalue weighted by molar-refractivity contribution is 0.424. The first-order valence-electron chi connectivity index (χ1n) is 6.59. The molecular formula is C14H18N4O2S. The Morgan fingerprint density at radius 2 is 1.76 bits per heavy atom.